The van der Waals surface area contributed by atoms with E-state index < -0.39 is 0 Å². The summed E-state index contributed by atoms with van der Waals surface area (Å²) in [5, 5.41) is 3.03. The Hall–Kier alpha value is -3.53. The number of anilines is 1. The first-order chi connectivity index (χ1) is 14.7. The molecule has 1 aliphatic carbocycles. The highest BCUT2D eigenvalue weighted by Crippen LogP contribution is 2.24. The van der Waals surface area contributed by atoms with Gasteiger partial charge < -0.3 is 5.32 Å². The van der Waals surface area contributed by atoms with Crippen molar-refractivity contribution >= 4 is 22.8 Å². The largest absolute Gasteiger partial charge is 0.305 e. The van der Waals surface area contributed by atoms with Gasteiger partial charge in [-0.15, -0.1) is 0 Å². The fourth-order valence-corrected chi connectivity index (χ4v) is 4.05. The topological polar surface area (TPSA) is 54.9 Å². The van der Waals surface area contributed by atoms with E-state index in [1.807, 2.05) is 36.4 Å². The van der Waals surface area contributed by atoms with Gasteiger partial charge in [0.1, 0.15) is 0 Å². The molecule has 1 amide bonds. The van der Waals surface area contributed by atoms with E-state index in [0.29, 0.717) is 17.8 Å². The molecule has 0 unspecified atom stereocenters. The maximum Gasteiger partial charge on any atom is 0.256 e. The van der Waals surface area contributed by atoms with Gasteiger partial charge in [0, 0.05) is 12.0 Å². The Morgan fingerprint density at radius 3 is 2.43 bits per heavy atom. The van der Waals surface area contributed by atoms with Gasteiger partial charge in [0.15, 0.2) is 5.82 Å². The molecule has 148 valence electrons. The third kappa shape index (κ3) is 3.69. The van der Waals surface area contributed by atoms with E-state index in [-0.39, 0.29) is 5.91 Å². The number of benzene rings is 3. The third-order valence-corrected chi connectivity index (χ3v) is 5.73. The van der Waals surface area contributed by atoms with Gasteiger partial charge in [-0.05, 0) is 67.1 Å². The van der Waals surface area contributed by atoms with Crippen molar-refractivity contribution in [3.05, 3.63) is 100 Å². The third-order valence-electron chi connectivity index (χ3n) is 5.73. The van der Waals surface area contributed by atoms with Crippen molar-refractivity contribution in [2.75, 3.05) is 5.32 Å². The van der Waals surface area contributed by atoms with Gasteiger partial charge in [0.05, 0.1) is 16.7 Å². The van der Waals surface area contributed by atoms with E-state index in [2.05, 4.69) is 42.6 Å². The Morgan fingerprint density at radius 2 is 1.63 bits per heavy atom. The Labute approximate surface area is 176 Å². The zero-order valence-corrected chi connectivity index (χ0v) is 17.0. The molecule has 0 saturated carbocycles. The predicted molar refractivity (Wildman–Crippen MR) is 120 cm³/mol. The zero-order chi connectivity index (χ0) is 20.5. The standard InChI is InChI=1S/C26H23N3O/c1-17-9-11-18(12-10-17)15-24-25(28-23-8-3-2-7-22(23)27-24)29-26(30)21-14-13-19-5-4-6-20(19)16-21/h2-3,7-14,16H,4-6,15H2,1H3,(H,28,29,30). The van der Waals surface area contributed by atoms with Crippen LogP contribution in [0.15, 0.2) is 66.7 Å². The van der Waals surface area contributed by atoms with Gasteiger partial charge in [0.2, 0.25) is 0 Å². The molecule has 4 heteroatoms. The molecule has 0 spiro atoms. The maximum absolute atomic E-state index is 13.0. The van der Waals surface area contributed by atoms with Crippen LogP contribution in [0.5, 0.6) is 0 Å². The van der Waals surface area contributed by atoms with Crippen LogP contribution in [0.25, 0.3) is 11.0 Å². The van der Waals surface area contributed by atoms with E-state index in [1.165, 1.54) is 16.7 Å². The van der Waals surface area contributed by atoms with Gasteiger partial charge in [-0.1, -0.05) is 48.0 Å². The summed E-state index contributed by atoms with van der Waals surface area (Å²) in [6.07, 6.45) is 3.92. The molecule has 0 bridgehead atoms. The average Bonchev–Trinajstić information content (AvgIpc) is 3.23. The van der Waals surface area contributed by atoms with E-state index in [4.69, 9.17) is 9.97 Å². The number of hydrogen-bond donors (Lipinski definition) is 1. The summed E-state index contributed by atoms with van der Waals surface area (Å²) in [5.41, 5.74) is 8.04. The van der Waals surface area contributed by atoms with Crippen LogP contribution in [0.1, 0.15) is 44.7 Å². The SMILES string of the molecule is Cc1ccc(Cc2nc3ccccc3nc2NC(=O)c2ccc3c(c2)CCC3)cc1. The second-order valence-corrected chi connectivity index (χ2v) is 7.96. The number of amides is 1. The minimum Gasteiger partial charge on any atom is -0.305 e. The molecule has 0 radical (unpaired) electrons. The molecule has 1 heterocycles. The molecule has 0 fully saturated rings. The van der Waals surface area contributed by atoms with Crippen LogP contribution in [0.2, 0.25) is 0 Å². The minimum absolute atomic E-state index is 0.139. The second-order valence-electron chi connectivity index (χ2n) is 7.96. The summed E-state index contributed by atoms with van der Waals surface area (Å²) in [7, 11) is 0. The van der Waals surface area contributed by atoms with Crippen molar-refractivity contribution in [3.63, 3.8) is 0 Å². The number of aromatic nitrogens is 2. The molecule has 0 atom stereocenters. The molecule has 1 aromatic heterocycles. The molecule has 1 aliphatic rings. The lowest BCUT2D eigenvalue weighted by Crippen LogP contribution is -2.16. The van der Waals surface area contributed by atoms with Crippen molar-refractivity contribution in [3.8, 4) is 0 Å². The van der Waals surface area contributed by atoms with Gasteiger partial charge >= 0.3 is 0 Å². The van der Waals surface area contributed by atoms with Crippen LogP contribution in [0.4, 0.5) is 5.82 Å². The zero-order valence-electron chi connectivity index (χ0n) is 17.0. The number of aryl methyl sites for hydroxylation is 3. The van der Waals surface area contributed by atoms with E-state index in [9.17, 15) is 4.79 Å². The smallest absolute Gasteiger partial charge is 0.256 e. The van der Waals surface area contributed by atoms with Crippen molar-refractivity contribution in [2.24, 2.45) is 0 Å². The summed E-state index contributed by atoms with van der Waals surface area (Å²) < 4.78 is 0. The number of hydrogen-bond acceptors (Lipinski definition) is 3. The van der Waals surface area contributed by atoms with E-state index in [0.717, 1.165) is 41.6 Å². The van der Waals surface area contributed by atoms with Gasteiger partial charge in [-0.25, -0.2) is 9.97 Å². The van der Waals surface area contributed by atoms with Crippen molar-refractivity contribution in [1.82, 2.24) is 9.97 Å². The van der Waals surface area contributed by atoms with Gasteiger partial charge in [-0.2, -0.15) is 0 Å². The fraction of sp³-hybridized carbons (Fsp3) is 0.192. The number of carbonyl (C=O) groups is 1. The first kappa shape index (κ1) is 18.5. The van der Waals surface area contributed by atoms with E-state index >= 15 is 0 Å². The van der Waals surface area contributed by atoms with Crippen LogP contribution in [-0.4, -0.2) is 15.9 Å². The lowest BCUT2D eigenvalue weighted by molar-refractivity contribution is 0.102. The summed E-state index contributed by atoms with van der Waals surface area (Å²) in [6.45, 7) is 2.07. The molecule has 0 saturated heterocycles. The van der Waals surface area contributed by atoms with Crippen molar-refractivity contribution in [2.45, 2.75) is 32.6 Å². The van der Waals surface area contributed by atoms with E-state index in [1.54, 1.807) is 0 Å². The van der Waals surface area contributed by atoms with Crippen molar-refractivity contribution in [1.29, 1.82) is 0 Å². The summed E-state index contributed by atoms with van der Waals surface area (Å²) in [4.78, 5) is 22.6. The average molecular weight is 393 g/mol. The molecule has 3 aromatic carbocycles. The molecular formula is C26H23N3O. The van der Waals surface area contributed by atoms with Gasteiger partial charge in [0.25, 0.3) is 5.91 Å². The number of carbonyl (C=O) groups excluding carboxylic acids is 1. The van der Waals surface area contributed by atoms with Crippen LogP contribution >= 0.6 is 0 Å². The van der Waals surface area contributed by atoms with Gasteiger partial charge in [-0.3, -0.25) is 4.79 Å². The summed E-state index contributed by atoms with van der Waals surface area (Å²) >= 11 is 0. The summed E-state index contributed by atoms with van der Waals surface area (Å²) in [5.74, 6) is 0.388. The monoisotopic (exact) mass is 393 g/mol. The number of fused-ring (bicyclic) bond motifs is 2. The minimum atomic E-state index is -0.139. The van der Waals surface area contributed by atoms with Crippen LogP contribution < -0.4 is 5.32 Å². The number of nitrogens with one attached hydrogen (secondary N) is 1. The predicted octanol–water partition coefficient (Wildman–Crippen LogP) is 5.27. The second kappa shape index (κ2) is 7.71. The molecule has 0 aliphatic heterocycles. The highest BCUT2D eigenvalue weighted by atomic mass is 16.1. The first-order valence-electron chi connectivity index (χ1n) is 10.4. The lowest BCUT2D eigenvalue weighted by Gasteiger charge is -2.12. The Balaban J connectivity index is 1.50. The molecular weight excluding hydrogens is 370 g/mol. The highest BCUT2D eigenvalue weighted by molar-refractivity contribution is 6.04. The Kier molecular flexibility index (Phi) is 4.75. The fourth-order valence-electron chi connectivity index (χ4n) is 4.05. The molecule has 4 nitrogen and oxygen atoms in total. The number of rotatable bonds is 4. The molecule has 5 rings (SSSR count). The Bertz CT molecular complexity index is 1250. The molecule has 30 heavy (non-hydrogen) atoms. The summed E-state index contributed by atoms with van der Waals surface area (Å²) in [6, 6.07) is 22.1. The van der Waals surface area contributed by atoms with Crippen LogP contribution in [0.3, 0.4) is 0 Å². The normalized spacial score (nSPS) is 12.7. The quantitative estimate of drug-likeness (QED) is 0.514. The first-order valence-corrected chi connectivity index (χ1v) is 10.4. The molecule has 4 aromatic rings. The van der Waals surface area contributed by atoms with Crippen LogP contribution in [-0.2, 0) is 19.3 Å². The highest BCUT2D eigenvalue weighted by Gasteiger charge is 2.17. The molecule has 1 N–H and O–H groups in total. The number of nitrogens with zero attached hydrogens (tertiary/aromatic N) is 2. The lowest BCUT2D eigenvalue weighted by atomic mass is 10.1. The van der Waals surface area contributed by atoms with Crippen LogP contribution in [0, 0.1) is 6.92 Å². The maximum atomic E-state index is 13.0. The van der Waals surface area contributed by atoms with Crippen molar-refractivity contribution < 1.29 is 4.79 Å². The number of para-hydroxylation sites is 2. The Morgan fingerprint density at radius 1 is 0.900 bits per heavy atom.